The van der Waals surface area contributed by atoms with Crippen molar-refractivity contribution in [2.24, 2.45) is 11.3 Å². The molecule has 130 valence electrons. The Morgan fingerprint density at radius 1 is 1.46 bits per heavy atom. The largest absolute Gasteiger partial charge is 0.488 e. The molecule has 7 heteroatoms. The highest BCUT2D eigenvalue weighted by atomic mass is 19.1. The Hall–Kier alpha value is -2.49. The third kappa shape index (κ3) is 4.75. The molecule has 0 radical (unpaired) electrons. The van der Waals surface area contributed by atoms with Crippen LogP contribution < -0.4 is 10.1 Å². The van der Waals surface area contributed by atoms with Gasteiger partial charge in [0.2, 0.25) is 5.91 Å². The van der Waals surface area contributed by atoms with Gasteiger partial charge in [-0.3, -0.25) is 4.79 Å². The lowest BCUT2D eigenvalue weighted by Crippen LogP contribution is -2.44. The molecule has 4 nitrogen and oxygen atoms in total. The number of carbonyl (C=O) groups excluding carboxylic acids is 1. The summed E-state index contributed by atoms with van der Waals surface area (Å²) < 4.78 is 45.0. The monoisotopic (exact) mass is 340 g/mol. The minimum Gasteiger partial charge on any atom is -0.488 e. The van der Waals surface area contributed by atoms with Gasteiger partial charge in [0.1, 0.15) is 24.2 Å². The van der Waals surface area contributed by atoms with E-state index < -0.39 is 40.7 Å². The molecule has 0 spiro atoms. The molecule has 0 fully saturated rings. The number of rotatable bonds is 7. The summed E-state index contributed by atoms with van der Waals surface area (Å²) in [6.07, 6.45) is 0. The van der Waals surface area contributed by atoms with E-state index in [9.17, 15) is 18.0 Å². The van der Waals surface area contributed by atoms with Crippen LogP contribution in [0.5, 0.6) is 5.75 Å². The molecule has 2 atom stereocenters. The van der Waals surface area contributed by atoms with Crippen molar-refractivity contribution in [1.82, 2.24) is 5.32 Å². The van der Waals surface area contributed by atoms with Gasteiger partial charge in [0.05, 0.1) is 12.1 Å². The van der Waals surface area contributed by atoms with Gasteiger partial charge < -0.3 is 10.1 Å². The van der Waals surface area contributed by atoms with Crippen LogP contribution in [0.25, 0.3) is 0 Å². The molecule has 0 aliphatic heterocycles. The minimum atomic E-state index is -1.35. The van der Waals surface area contributed by atoms with E-state index in [4.69, 9.17) is 10.00 Å². The number of nitriles is 1. The van der Waals surface area contributed by atoms with Crippen molar-refractivity contribution in [2.75, 3.05) is 6.61 Å². The SMILES string of the molecule is C=C(F)C(C)(C)C(C#N)C(=O)NC(C)COc1cc(F)ccc1F. The van der Waals surface area contributed by atoms with Gasteiger partial charge in [-0.15, -0.1) is 0 Å². The molecule has 1 aromatic rings. The maximum Gasteiger partial charge on any atom is 0.238 e. The number of nitrogens with zero attached hydrogens (tertiary/aromatic N) is 1. The third-order valence-corrected chi connectivity index (χ3v) is 3.58. The molecule has 1 amide bonds. The molecule has 24 heavy (non-hydrogen) atoms. The number of amides is 1. The molecule has 0 heterocycles. The van der Waals surface area contributed by atoms with Gasteiger partial charge in [-0.2, -0.15) is 5.26 Å². The fraction of sp³-hybridized carbons (Fsp3) is 0.412. The number of halogens is 3. The highest BCUT2D eigenvalue weighted by Crippen LogP contribution is 2.34. The van der Waals surface area contributed by atoms with E-state index in [1.54, 1.807) is 13.0 Å². The number of nitrogens with one attached hydrogen (secondary N) is 1. The van der Waals surface area contributed by atoms with E-state index in [0.717, 1.165) is 18.2 Å². The summed E-state index contributed by atoms with van der Waals surface area (Å²) in [6, 6.07) is 3.91. The van der Waals surface area contributed by atoms with Crippen molar-refractivity contribution in [3.8, 4) is 11.8 Å². The number of hydrogen-bond acceptors (Lipinski definition) is 3. The van der Waals surface area contributed by atoms with Gasteiger partial charge in [0.25, 0.3) is 0 Å². The maximum atomic E-state index is 13.4. The molecular weight excluding hydrogens is 321 g/mol. The van der Waals surface area contributed by atoms with Crippen LogP contribution in [0.2, 0.25) is 0 Å². The fourth-order valence-electron chi connectivity index (χ4n) is 1.87. The van der Waals surface area contributed by atoms with Crippen molar-refractivity contribution in [3.05, 3.63) is 42.2 Å². The third-order valence-electron chi connectivity index (χ3n) is 3.58. The van der Waals surface area contributed by atoms with Crippen LogP contribution in [-0.4, -0.2) is 18.6 Å². The maximum absolute atomic E-state index is 13.4. The van der Waals surface area contributed by atoms with Crippen molar-refractivity contribution < 1.29 is 22.7 Å². The molecule has 0 aliphatic carbocycles. The summed E-state index contributed by atoms with van der Waals surface area (Å²) in [5, 5.41) is 11.6. The van der Waals surface area contributed by atoms with Gasteiger partial charge in [0.15, 0.2) is 11.6 Å². The van der Waals surface area contributed by atoms with Crippen LogP contribution in [-0.2, 0) is 4.79 Å². The van der Waals surface area contributed by atoms with Gasteiger partial charge in [-0.25, -0.2) is 13.2 Å². The van der Waals surface area contributed by atoms with Gasteiger partial charge in [-0.05, 0) is 19.1 Å². The first kappa shape index (κ1) is 19.6. The van der Waals surface area contributed by atoms with Crippen LogP contribution >= 0.6 is 0 Å². The summed E-state index contributed by atoms with van der Waals surface area (Å²) in [5.41, 5.74) is -1.35. The van der Waals surface area contributed by atoms with E-state index in [2.05, 4.69) is 11.9 Å². The smallest absolute Gasteiger partial charge is 0.238 e. The Morgan fingerprint density at radius 2 is 2.08 bits per heavy atom. The highest BCUT2D eigenvalue weighted by Gasteiger charge is 2.38. The highest BCUT2D eigenvalue weighted by molar-refractivity contribution is 5.82. The number of ether oxygens (including phenoxy) is 1. The zero-order valence-electron chi connectivity index (χ0n) is 13.7. The number of carbonyl (C=O) groups is 1. The van der Waals surface area contributed by atoms with Crippen molar-refractivity contribution in [3.63, 3.8) is 0 Å². The second-order valence-electron chi connectivity index (χ2n) is 5.98. The topological polar surface area (TPSA) is 62.1 Å². The Balaban J connectivity index is 2.68. The normalized spacial score (nSPS) is 13.5. The second-order valence-corrected chi connectivity index (χ2v) is 5.98. The van der Waals surface area contributed by atoms with Gasteiger partial charge in [-0.1, -0.05) is 20.4 Å². The van der Waals surface area contributed by atoms with Crippen LogP contribution in [0.3, 0.4) is 0 Å². The first-order chi connectivity index (χ1) is 11.1. The summed E-state index contributed by atoms with van der Waals surface area (Å²) in [5.74, 6) is -4.45. The predicted octanol–water partition coefficient (Wildman–Crippen LogP) is 3.50. The van der Waals surface area contributed by atoms with Crippen molar-refractivity contribution in [2.45, 2.75) is 26.8 Å². The molecule has 0 aromatic heterocycles. The second kappa shape index (κ2) is 7.86. The van der Waals surface area contributed by atoms with Gasteiger partial charge >= 0.3 is 0 Å². The molecule has 0 bridgehead atoms. The average Bonchev–Trinajstić information content (AvgIpc) is 2.48. The molecule has 1 aromatic carbocycles. The first-order valence-corrected chi connectivity index (χ1v) is 7.22. The zero-order chi connectivity index (χ0) is 18.5. The Labute approximate surface area is 138 Å². The predicted molar refractivity (Wildman–Crippen MR) is 82.6 cm³/mol. The summed E-state index contributed by atoms with van der Waals surface area (Å²) in [6.45, 7) is 7.35. The van der Waals surface area contributed by atoms with Crippen LogP contribution in [0.1, 0.15) is 20.8 Å². The average molecular weight is 340 g/mol. The lowest BCUT2D eigenvalue weighted by Gasteiger charge is -2.27. The van der Waals surface area contributed by atoms with E-state index >= 15 is 0 Å². The molecule has 1 N–H and O–H groups in total. The summed E-state index contributed by atoms with van der Waals surface area (Å²) in [7, 11) is 0. The zero-order valence-corrected chi connectivity index (χ0v) is 13.7. The molecular formula is C17H19F3N2O2. The molecule has 1 rings (SSSR count). The quantitative estimate of drug-likeness (QED) is 0.826. The number of hydrogen-bond donors (Lipinski definition) is 1. The standard InChI is InChI=1S/C17H19F3N2O2/c1-10(9-24-15-7-12(19)5-6-14(15)20)22-16(23)13(8-21)17(3,4)11(2)18/h5-7,10,13H,2,9H2,1,3-4H3,(H,22,23). The first-order valence-electron chi connectivity index (χ1n) is 7.22. The van der Waals surface area contributed by atoms with Crippen molar-refractivity contribution >= 4 is 5.91 Å². The lowest BCUT2D eigenvalue weighted by atomic mass is 9.78. The number of benzene rings is 1. The van der Waals surface area contributed by atoms with Crippen LogP contribution in [0.15, 0.2) is 30.6 Å². The van der Waals surface area contributed by atoms with E-state index in [1.165, 1.54) is 13.8 Å². The van der Waals surface area contributed by atoms with E-state index in [-0.39, 0.29) is 12.4 Å². The number of allylic oxidation sites excluding steroid dienone is 1. The van der Waals surface area contributed by atoms with E-state index in [0.29, 0.717) is 0 Å². The minimum absolute atomic E-state index is 0.152. The fourth-order valence-corrected chi connectivity index (χ4v) is 1.87. The molecule has 0 saturated carbocycles. The Morgan fingerprint density at radius 3 is 2.62 bits per heavy atom. The van der Waals surface area contributed by atoms with Crippen LogP contribution in [0.4, 0.5) is 13.2 Å². The summed E-state index contributed by atoms with van der Waals surface area (Å²) in [4.78, 5) is 12.1. The van der Waals surface area contributed by atoms with E-state index in [1.807, 2.05) is 0 Å². The Bertz CT molecular complexity index is 668. The lowest BCUT2D eigenvalue weighted by molar-refractivity contribution is -0.126. The summed E-state index contributed by atoms with van der Waals surface area (Å²) >= 11 is 0. The molecule has 2 unspecified atom stereocenters. The molecule has 0 saturated heterocycles. The Kier molecular flexibility index (Phi) is 6.41. The molecule has 0 aliphatic rings. The van der Waals surface area contributed by atoms with Gasteiger partial charge in [0, 0.05) is 11.5 Å². The van der Waals surface area contributed by atoms with Crippen molar-refractivity contribution in [1.29, 1.82) is 5.26 Å². The van der Waals surface area contributed by atoms with Crippen LogP contribution in [0, 0.1) is 34.3 Å².